The number of carbonyl (C=O) groups excluding carboxylic acids is 1. The molecule has 0 saturated carbocycles. The third-order valence-electron chi connectivity index (χ3n) is 1.80. The standard InChI is InChI=1S/C9H13NO3/c1-3-7(2)13-9(12)10-6-4-5-8(10)11/h4-7,11H,3H2,1-2H3. The van der Waals surface area contributed by atoms with E-state index in [1.807, 2.05) is 6.92 Å². The molecule has 1 heterocycles. The van der Waals surface area contributed by atoms with Gasteiger partial charge in [0, 0.05) is 12.3 Å². The van der Waals surface area contributed by atoms with Crippen molar-refractivity contribution >= 4 is 6.09 Å². The van der Waals surface area contributed by atoms with Crippen molar-refractivity contribution in [1.82, 2.24) is 4.57 Å². The van der Waals surface area contributed by atoms with Gasteiger partial charge in [-0.15, -0.1) is 0 Å². The number of nitrogens with zero attached hydrogens (tertiary/aromatic N) is 1. The highest BCUT2D eigenvalue weighted by Crippen LogP contribution is 2.10. The monoisotopic (exact) mass is 183 g/mol. The van der Waals surface area contributed by atoms with Crippen LogP contribution >= 0.6 is 0 Å². The number of carbonyl (C=O) groups is 1. The summed E-state index contributed by atoms with van der Waals surface area (Å²) < 4.78 is 6.05. The van der Waals surface area contributed by atoms with Gasteiger partial charge in [0.2, 0.25) is 5.88 Å². The third-order valence-corrected chi connectivity index (χ3v) is 1.80. The van der Waals surface area contributed by atoms with Crippen molar-refractivity contribution < 1.29 is 14.6 Å². The molecule has 1 aromatic heterocycles. The Balaban J connectivity index is 2.64. The van der Waals surface area contributed by atoms with Gasteiger partial charge >= 0.3 is 6.09 Å². The topological polar surface area (TPSA) is 51.5 Å². The quantitative estimate of drug-likeness (QED) is 0.762. The average Bonchev–Trinajstić information content (AvgIpc) is 2.51. The van der Waals surface area contributed by atoms with E-state index in [1.165, 1.54) is 12.3 Å². The van der Waals surface area contributed by atoms with E-state index in [-0.39, 0.29) is 12.0 Å². The van der Waals surface area contributed by atoms with Crippen LogP contribution in [0.2, 0.25) is 0 Å². The Labute approximate surface area is 76.7 Å². The summed E-state index contributed by atoms with van der Waals surface area (Å²) >= 11 is 0. The van der Waals surface area contributed by atoms with Gasteiger partial charge in [0.15, 0.2) is 0 Å². The van der Waals surface area contributed by atoms with E-state index >= 15 is 0 Å². The summed E-state index contributed by atoms with van der Waals surface area (Å²) in [5, 5.41) is 9.17. The summed E-state index contributed by atoms with van der Waals surface area (Å²) in [6, 6.07) is 3.01. The number of aromatic hydroxyl groups is 1. The van der Waals surface area contributed by atoms with E-state index in [4.69, 9.17) is 9.84 Å². The molecule has 0 aromatic carbocycles. The van der Waals surface area contributed by atoms with Crippen LogP contribution in [0.1, 0.15) is 20.3 Å². The van der Waals surface area contributed by atoms with Crippen molar-refractivity contribution in [3.8, 4) is 5.88 Å². The van der Waals surface area contributed by atoms with Crippen LogP contribution < -0.4 is 0 Å². The third kappa shape index (κ3) is 2.24. The lowest BCUT2D eigenvalue weighted by Gasteiger charge is -2.11. The van der Waals surface area contributed by atoms with Crippen molar-refractivity contribution in [3.63, 3.8) is 0 Å². The van der Waals surface area contributed by atoms with Crippen molar-refractivity contribution in [2.75, 3.05) is 0 Å². The number of ether oxygens (including phenoxy) is 1. The van der Waals surface area contributed by atoms with Crippen LogP contribution in [0.3, 0.4) is 0 Å². The number of hydrogen-bond donors (Lipinski definition) is 1. The molecule has 4 nitrogen and oxygen atoms in total. The minimum atomic E-state index is -0.545. The van der Waals surface area contributed by atoms with Crippen LogP contribution in [-0.2, 0) is 4.74 Å². The van der Waals surface area contributed by atoms with Gasteiger partial charge < -0.3 is 9.84 Å². The second kappa shape index (κ2) is 3.98. The van der Waals surface area contributed by atoms with Crippen LogP contribution in [0, 0.1) is 0 Å². The van der Waals surface area contributed by atoms with Gasteiger partial charge in [-0.3, -0.25) is 0 Å². The first kappa shape index (κ1) is 9.64. The summed E-state index contributed by atoms with van der Waals surface area (Å²) in [4.78, 5) is 11.3. The normalized spacial score (nSPS) is 12.5. The van der Waals surface area contributed by atoms with E-state index in [0.717, 1.165) is 11.0 Å². The fraction of sp³-hybridized carbons (Fsp3) is 0.444. The van der Waals surface area contributed by atoms with E-state index in [0.29, 0.717) is 0 Å². The van der Waals surface area contributed by atoms with Crippen LogP contribution in [0.5, 0.6) is 5.88 Å². The van der Waals surface area contributed by atoms with Crippen LogP contribution in [-0.4, -0.2) is 21.9 Å². The molecule has 0 amide bonds. The highest BCUT2D eigenvalue weighted by atomic mass is 16.6. The van der Waals surface area contributed by atoms with Gasteiger partial charge in [0.1, 0.15) is 6.10 Å². The Morgan fingerprint density at radius 2 is 2.46 bits per heavy atom. The van der Waals surface area contributed by atoms with Gasteiger partial charge in [-0.1, -0.05) is 6.92 Å². The number of rotatable bonds is 2. The summed E-state index contributed by atoms with van der Waals surface area (Å²) in [5.74, 6) is -0.103. The largest absolute Gasteiger partial charge is 0.494 e. The molecule has 1 unspecified atom stereocenters. The van der Waals surface area contributed by atoms with E-state index in [2.05, 4.69) is 0 Å². The van der Waals surface area contributed by atoms with Gasteiger partial charge in [0.25, 0.3) is 0 Å². The van der Waals surface area contributed by atoms with Crippen LogP contribution in [0.4, 0.5) is 4.79 Å². The SMILES string of the molecule is CCC(C)OC(=O)n1cccc1O. The van der Waals surface area contributed by atoms with Gasteiger partial charge in [-0.25, -0.2) is 9.36 Å². The summed E-state index contributed by atoms with van der Waals surface area (Å²) in [6.07, 6.45) is 1.54. The zero-order chi connectivity index (χ0) is 9.84. The molecule has 0 radical (unpaired) electrons. The summed E-state index contributed by atoms with van der Waals surface area (Å²) in [7, 11) is 0. The average molecular weight is 183 g/mol. The van der Waals surface area contributed by atoms with Crippen molar-refractivity contribution in [3.05, 3.63) is 18.3 Å². The summed E-state index contributed by atoms with van der Waals surface area (Å²) in [5.41, 5.74) is 0. The molecule has 1 N–H and O–H groups in total. The first-order valence-electron chi connectivity index (χ1n) is 4.22. The fourth-order valence-corrected chi connectivity index (χ4v) is 0.838. The second-order valence-electron chi connectivity index (χ2n) is 2.84. The molecule has 0 fully saturated rings. The van der Waals surface area contributed by atoms with E-state index in [9.17, 15) is 4.79 Å². The Bertz CT molecular complexity index is 293. The fourth-order valence-electron chi connectivity index (χ4n) is 0.838. The molecule has 4 heteroatoms. The highest BCUT2D eigenvalue weighted by Gasteiger charge is 2.11. The predicted octanol–water partition coefficient (Wildman–Crippen LogP) is 1.98. The van der Waals surface area contributed by atoms with E-state index < -0.39 is 6.09 Å². The zero-order valence-electron chi connectivity index (χ0n) is 7.73. The van der Waals surface area contributed by atoms with Gasteiger partial charge in [-0.05, 0) is 19.4 Å². The van der Waals surface area contributed by atoms with Crippen LogP contribution in [0.25, 0.3) is 0 Å². The van der Waals surface area contributed by atoms with Gasteiger partial charge in [-0.2, -0.15) is 0 Å². The Hall–Kier alpha value is -1.45. The first-order chi connectivity index (χ1) is 6.15. The lowest BCUT2D eigenvalue weighted by Crippen LogP contribution is -2.18. The van der Waals surface area contributed by atoms with Crippen LogP contribution in [0.15, 0.2) is 18.3 Å². The van der Waals surface area contributed by atoms with Crippen molar-refractivity contribution in [2.24, 2.45) is 0 Å². The minimum absolute atomic E-state index is 0.103. The van der Waals surface area contributed by atoms with Crippen molar-refractivity contribution in [2.45, 2.75) is 26.4 Å². The summed E-state index contributed by atoms with van der Waals surface area (Å²) in [6.45, 7) is 3.73. The molecule has 0 spiro atoms. The lowest BCUT2D eigenvalue weighted by atomic mass is 10.3. The first-order valence-corrected chi connectivity index (χ1v) is 4.22. The van der Waals surface area contributed by atoms with Gasteiger partial charge in [0.05, 0.1) is 0 Å². The second-order valence-corrected chi connectivity index (χ2v) is 2.84. The van der Waals surface area contributed by atoms with Crippen molar-refractivity contribution in [1.29, 1.82) is 0 Å². The molecule has 1 aromatic rings. The molecule has 0 bridgehead atoms. The molecule has 0 saturated heterocycles. The molecule has 13 heavy (non-hydrogen) atoms. The highest BCUT2D eigenvalue weighted by molar-refractivity contribution is 5.72. The molecule has 0 aliphatic carbocycles. The molecule has 1 atom stereocenters. The Morgan fingerprint density at radius 3 is 2.92 bits per heavy atom. The maximum Gasteiger partial charge on any atom is 0.421 e. The van der Waals surface area contributed by atoms with E-state index in [1.54, 1.807) is 13.0 Å². The number of hydrogen-bond acceptors (Lipinski definition) is 3. The zero-order valence-corrected chi connectivity index (χ0v) is 7.73. The molecule has 72 valence electrons. The lowest BCUT2D eigenvalue weighted by molar-refractivity contribution is 0.104. The molecule has 0 aliphatic heterocycles. The molecule has 1 rings (SSSR count). The molecular weight excluding hydrogens is 170 g/mol. The Morgan fingerprint density at radius 1 is 1.77 bits per heavy atom. The molecular formula is C9H13NO3. The molecule has 0 aliphatic rings. The smallest absolute Gasteiger partial charge is 0.421 e. The predicted molar refractivity (Wildman–Crippen MR) is 47.7 cm³/mol. The maximum atomic E-state index is 11.3. The Kier molecular flexibility index (Phi) is 2.95. The number of aromatic nitrogens is 1. The minimum Gasteiger partial charge on any atom is -0.494 e. The maximum absolute atomic E-state index is 11.3.